The zero-order valence-corrected chi connectivity index (χ0v) is 19.8. The van der Waals surface area contributed by atoms with Gasteiger partial charge in [-0.15, -0.1) is 0 Å². The number of piperidine rings is 1. The maximum Gasteiger partial charge on any atom is 0.253 e. The molecular weight excluding hydrogens is 422 g/mol. The first-order chi connectivity index (χ1) is 16.0. The Balaban J connectivity index is 1.35. The number of likely N-dealkylation sites (tertiary alicyclic amines) is 2. The zero-order valence-electron chi connectivity index (χ0n) is 19.8. The van der Waals surface area contributed by atoms with E-state index in [0.717, 1.165) is 25.7 Å². The Kier molecular flexibility index (Phi) is 7.75. The molecule has 2 atom stereocenters. The number of aliphatic hydroxyl groups excluding tert-OH is 1. The average molecular weight is 460 g/mol. The van der Waals surface area contributed by atoms with Crippen LogP contribution in [-0.2, 0) is 4.79 Å². The third-order valence-corrected chi connectivity index (χ3v) is 7.42. The van der Waals surface area contributed by atoms with Crippen LogP contribution in [0.4, 0.5) is 0 Å². The fourth-order valence-corrected chi connectivity index (χ4v) is 5.60. The summed E-state index contributed by atoms with van der Waals surface area (Å²) in [5.41, 5.74) is 0.576. The molecule has 2 saturated heterocycles. The van der Waals surface area contributed by atoms with Crippen molar-refractivity contribution in [2.24, 2.45) is 0 Å². The van der Waals surface area contributed by atoms with Crippen LogP contribution in [0.1, 0.15) is 61.7 Å². The maximum atomic E-state index is 13.1. The van der Waals surface area contributed by atoms with Gasteiger partial charge in [0.05, 0.1) is 26.4 Å². The molecule has 1 saturated carbocycles. The summed E-state index contributed by atoms with van der Waals surface area (Å²) in [6, 6.07) is 5.42. The molecular formula is C25H37N3O5. The first kappa shape index (κ1) is 23.8. The first-order valence-corrected chi connectivity index (χ1v) is 12.3. The van der Waals surface area contributed by atoms with E-state index in [0.29, 0.717) is 43.1 Å². The van der Waals surface area contributed by atoms with Crippen LogP contribution in [0.25, 0.3) is 0 Å². The van der Waals surface area contributed by atoms with E-state index >= 15 is 0 Å². The molecule has 2 N–H and O–H groups in total. The molecule has 8 nitrogen and oxygen atoms in total. The monoisotopic (exact) mass is 459 g/mol. The minimum atomic E-state index is -0.474. The summed E-state index contributed by atoms with van der Waals surface area (Å²) in [6.45, 7) is 1.78. The Morgan fingerprint density at radius 1 is 1.00 bits per heavy atom. The number of amides is 2. The van der Waals surface area contributed by atoms with E-state index in [4.69, 9.17) is 9.47 Å². The maximum absolute atomic E-state index is 13.1. The Hall–Kier alpha value is -2.32. The molecule has 2 heterocycles. The number of hydrogen-bond donors (Lipinski definition) is 2. The molecule has 4 rings (SSSR count). The van der Waals surface area contributed by atoms with Crippen molar-refractivity contribution >= 4 is 11.8 Å². The number of aliphatic hydroxyl groups is 1. The number of β-amino-alcohol motifs (C(OH)–C–C–N with tert-alkyl or cyclic N) is 1. The summed E-state index contributed by atoms with van der Waals surface area (Å²) in [7, 11) is 3.13. The molecule has 3 fully saturated rings. The highest BCUT2D eigenvalue weighted by Gasteiger charge is 2.41. The molecule has 2 aliphatic heterocycles. The second-order valence-corrected chi connectivity index (χ2v) is 9.54. The number of hydrogen-bond acceptors (Lipinski definition) is 6. The van der Waals surface area contributed by atoms with Crippen molar-refractivity contribution in [3.8, 4) is 11.5 Å². The van der Waals surface area contributed by atoms with Gasteiger partial charge in [0, 0.05) is 37.3 Å². The number of rotatable bonds is 6. The molecule has 1 aromatic carbocycles. The van der Waals surface area contributed by atoms with Crippen LogP contribution in [0.2, 0.25) is 0 Å². The largest absolute Gasteiger partial charge is 0.493 e. The lowest BCUT2D eigenvalue weighted by Gasteiger charge is -2.39. The molecule has 0 bridgehead atoms. The summed E-state index contributed by atoms with van der Waals surface area (Å²) in [6.07, 6.45) is 7.31. The van der Waals surface area contributed by atoms with Crippen LogP contribution in [0.5, 0.6) is 11.5 Å². The van der Waals surface area contributed by atoms with Gasteiger partial charge in [0.25, 0.3) is 5.91 Å². The Morgan fingerprint density at radius 3 is 2.36 bits per heavy atom. The van der Waals surface area contributed by atoms with Crippen LogP contribution < -0.4 is 14.8 Å². The van der Waals surface area contributed by atoms with Gasteiger partial charge in [0.1, 0.15) is 0 Å². The number of methoxy groups -OCH3 is 2. The van der Waals surface area contributed by atoms with Gasteiger partial charge in [-0.05, 0) is 50.3 Å². The van der Waals surface area contributed by atoms with Gasteiger partial charge >= 0.3 is 0 Å². The van der Waals surface area contributed by atoms with Crippen molar-refractivity contribution in [2.45, 2.75) is 75.6 Å². The number of carbonyl (C=O) groups is 2. The smallest absolute Gasteiger partial charge is 0.253 e. The molecule has 182 valence electrons. The lowest BCUT2D eigenvalue weighted by molar-refractivity contribution is -0.127. The van der Waals surface area contributed by atoms with Crippen LogP contribution >= 0.6 is 0 Å². The minimum absolute atomic E-state index is 0.0255. The van der Waals surface area contributed by atoms with Gasteiger partial charge in [0.2, 0.25) is 5.91 Å². The average Bonchev–Trinajstić information content (AvgIpc) is 3.25. The van der Waals surface area contributed by atoms with Crippen molar-refractivity contribution < 1.29 is 24.2 Å². The highest BCUT2D eigenvalue weighted by Crippen LogP contribution is 2.30. The van der Waals surface area contributed by atoms with E-state index in [1.54, 1.807) is 32.4 Å². The predicted molar refractivity (Wildman–Crippen MR) is 125 cm³/mol. The van der Waals surface area contributed by atoms with Crippen LogP contribution in [0, 0.1) is 0 Å². The van der Waals surface area contributed by atoms with Gasteiger partial charge in [-0.2, -0.15) is 0 Å². The van der Waals surface area contributed by atoms with Crippen LogP contribution in [0.3, 0.4) is 0 Å². The van der Waals surface area contributed by atoms with Gasteiger partial charge in [-0.3, -0.25) is 14.5 Å². The SMILES string of the molecule is COc1ccc(C(=O)N2CCC(N3C[C@H](O)C[C@H]3C(=O)NC3CCCCC3)CC2)cc1OC. The van der Waals surface area contributed by atoms with Gasteiger partial charge in [-0.1, -0.05) is 19.3 Å². The summed E-state index contributed by atoms with van der Waals surface area (Å²) >= 11 is 0. The molecule has 3 aliphatic rings. The number of ether oxygens (including phenoxy) is 2. The Morgan fingerprint density at radius 2 is 1.70 bits per heavy atom. The third-order valence-electron chi connectivity index (χ3n) is 7.42. The minimum Gasteiger partial charge on any atom is -0.493 e. The first-order valence-electron chi connectivity index (χ1n) is 12.3. The van der Waals surface area contributed by atoms with E-state index in [1.165, 1.54) is 19.3 Å². The second kappa shape index (κ2) is 10.7. The predicted octanol–water partition coefficient (Wildman–Crippen LogP) is 2.19. The topological polar surface area (TPSA) is 91.3 Å². The molecule has 33 heavy (non-hydrogen) atoms. The van der Waals surface area contributed by atoms with Crippen molar-refractivity contribution in [3.05, 3.63) is 23.8 Å². The van der Waals surface area contributed by atoms with Crippen molar-refractivity contribution in [1.29, 1.82) is 0 Å². The van der Waals surface area contributed by atoms with Crippen molar-refractivity contribution in [3.63, 3.8) is 0 Å². The third kappa shape index (κ3) is 5.44. The molecule has 0 aromatic heterocycles. The number of carbonyl (C=O) groups excluding carboxylic acids is 2. The van der Waals surface area contributed by atoms with Gasteiger partial charge in [-0.25, -0.2) is 0 Å². The number of nitrogens with zero attached hydrogens (tertiary/aromatic N) is 2. The number of nitrogens with one attached hydrogen (secondary N) is 1. The summed E-state index contributed by atoms with van der Waals surface area (Å²) in [4.78, 5) is 30.1. The quantitative estimate of drug-likeness (QED) is 0.678. The fraction of sp³-hybridized carbons (Fsp3) is 0.680. The molecule has 8 heteroatoms. The standard InChI is InChI=1S/C25H37N3O5/c1-32-22-9-8-17(14-23(22)33-2)25(31)27-12-10-19(11-13-27)28-16-20(29)15-21(28)24(30)26-18-6-4-3-5-7-18/h8-9,14,18-21,29H,3-7,10-13,15-16H2,1-2H3,(H,26,30)/t20-,21+/m1/s1. The number of benzene rings is 1. The van der Waals surface area contributed by atoms with Crippen LogP contribution in [0.15, 0.2) is 18.2 Å². The molecule has 2 amide bonds. The molecule has 0 radical (unpaired) electrons. The van der Waals surface area contributed by atoms with E-state index in [9.17, 15) is 14.7 Å². The van der Waals surface area contributed by atoms with Crippen LogP contribution in [-0.4, -0.2) is 84.8 Å². The molecule has 1 aliphatic carbocycles. The second-order valence-electron chi connectivity index (χ2n) is 9.54. The molecule has 0 spiro atoms. The lowest BCUT2D eigenvalue weighted by Crippen LogP contribution is -2.53. The summed E-state index contributed by atoms with van der Waals surface area (Å²) in [5, 5.41) is 13.6. The van der Waals surface area contributed by atoms with Gasteiger partial charge in [0.15, 0.2) is 11.5 Å². The summed E-state index contributed by atoms with van der Waals surface area (Å²) < 4.78 is 10.6. The molecule has 0 unspecified atom stereocenters. The van der Waals surface area contributed by atoms with E-state index in [-0.39, 0.29) is 29.9 Å². The van der Waals surface area contributed by atoms with Gasteiger partial charge < -0.3 is 24.8 Å². The lowest BCUT2D eigenvalue weighted by atomic mass is 9.95. The fourth-order valence-electron chi connectivity index (χ4n) is 5.60. The van der Waals surface area contributed by atoms with Crippen molar-refractivity contribution in [1.82, 2.24) is 15.1 Å². The molecule has 1 aromatic rings. The van der Waals surface area contributed by atoms with Crippen molar-refractivity contribution in [2.75, 3.05) is 33.9 Å². The highest BCUT2D eigenvalue weighted by molar-refractivity contribution is 5.95. The normalized spacial score (nSPS) is 25.1. The Bertz CT molecular complexity index is 833. The highest BCUT2D eigenvalue weighted by atomic mass is 16.5. The van der Waals surface area contributed by atoms with E-state index in [2.05, 4.69) is 10.2 Å². The summed E-state index contributed by atoms with van der Waals surface area (Å²) in [5.74, 6) is 1.17. The Labute approximate surface area is 196 Å². The van der Waals surface area contributed by atoms with E-state index < -0.39 is 6.10 Å². The zero-order chi connectivity index (χ0) is 23.4. The van der Waals surface area contributed by atoms with E-state index in [1.807, 2.05) is 4.90 Å².